The van der Waals surface area contributed by atoms with Crippen LogP contribution in [0.4, 0.5) is 4.79 Å². The van der Waals surface area contributed by atoms with Gasteiger partial charge in [0.15, 0.2) is 0 Å². The molecule has 0 spiro atoms. The number of nitrogens with one attached hydrogen (secondary N) is 1. The molecule has 2 N–H and O–H groups in total. The highest BCUT2D eigenvalue weighted by Crippen LogP contribution is 2.39. The van der Waals surface area contributed by atoms with Crippen LogP contribution in [0.25, 0.3) is 0 Å². The van der Waals surface area contributed by atoms with E-state index in [-0.39, 0.29) is 17.3 Å². The van der Waals surface area contributed by atoms with Crippen molar-refractivity contribution in [1.82, 2.24) is 10.2 Å². The van der Waals surface area contributed by atoms with Crippen molar-refractivity contribution in [2.75, 3.05) is 12.8 Å². The van der Waals surface area contributed by atoms with Crippen LogP contribution in [0.5, 0.6) is 0 Å². The van der Waals surface area contributed by atoms with E-state index < -0.39 is 22.8 Å². The van der Waals surface area contributed by atoms with E-state index >= 15 is 0 Å². The van der Waals surface area contributed by atoms with Crippen molar-refractivity contribution < 1.29 is 18.9 Å². The monoisotopic (exact) mass is 316 g/mol. The van der Waals surface area contributed by atoms with Crippen molar-refractivity contribution in [3.05, 3.63) is 0 Å². The van der Waals surface area contributed by atoms with Gasteiger partial charge in [0, 0.05) is 34.9 Å². The van der Waals surface area contributed by atoms with Crippen molar-refractivity contribution in [3.63, 3.8) is 0 Å². The van der Waals surface area contributed by atoms with Gasteiger partial charge in [0.25, 0.3) is 0 Å². The maximum Gasteiger partial charge on any atom is 0.326 e. The minimum absolute atomic E-state index is 0.0438. The first-order valence-electron chi connectivity index (χ1n) is 7.53. The van der Waals surface area contributed by atoms with Crippen molar-refractivity contribution in [2.24, 2.45) is 5.92 Å². The Morgan fingerprint density at radius 2 is 2.05 bits per heavy atom. The predicted octanol–water partition coefficient (Wildman–Crippen LogP) is 1.18. The molecule has 5 unspecified atom stereocenters. The van der Waals surface area contributed by atoms with Crippen molar-refractivity contribution in [2.45, 2.75) is 56.4 Å². The molecule has 0 bridgehead atoms. The summed E-state index contributed by atoms with van der Waals surface area (Å²) in [5, 5.41) is 12.0. The molecule has 120 valence electrons. The van der Waals surface area contributed by atoms with Gasteiger partial charge in [-0.05, 0) is 32.1 Å². The number of urea groups is 1. The standard InChI is InChI=1S/C14H24N2O4S/c1-9(21(2)20)8-15-14(19)16-11-6-4-3-5-10(11)7-12(16)13(17)18/h9-12H,3-8H2,1-2H3,(H,15,19)(H,17,18). The van der Waals surface area contributed by atoms with Gasteiger partial charge in [0.1, 0.15) is 6.04 Å². The number of carbonyl (C=O) groups is 2. The largest absolute Gasteiger partial charge is 0.480 e. The smallest absolute Gasteiger partial charge is 0.326 e. The second-order valence-electron chi connectivity index (χ2n) is 6.10. The number of hydrogen-bond acceptors (Lipinski definition) is 3. The Bertz CT molecular complexity index is 443. The van der Waals surface area contributed by atoms with Crippen LogP contribution >= 0.6 is 0 Å². The number of fused-ring (bicyclic) bond motifs is 1. The molecule has 1 saturated heterocycles. The van der Waals surface area contributed by atoms with Crippen molar-refractivity contribution in [1.29, 1.82) is 0 Å². The Hall–Kier alpha value is -1.11. The van der Waals surface area contributed by atoms with Crippen LogP contribution in [0.2, 0.25) is 0 Å². The lowest BCUT2D eigenvalue weighted by atomic mass is 9.85. The summed E-state index contributed by atoms with van der Waals surface area (Å²) in [6, 6.07) is -1.00. The first-order valence-corrected chi connectivity index (χ1v) is 9.15. The fourth-order valence-electron chi connectivity index (χ4n) is 3.41. The third-order valence-corrected chi connectivity index (χ3v) is 6.01. The van der Waals surface area contributed by atoms with Crippen LogP contribution < -0.4 is 5.32 Å². The lowest BCUT2D eigenvalue weighted by Gasteiger charge is -2.33. The molecule has 0 aromatic heterocycles. The fourth-order valence-corrected chi connectivity index (χ4v) is 3.73. The molecule has 1 heterocycles. The van der Waals surface area contributed by atoms with E-state index in [4.69, 9.17) is 0 Å². The first kappa shape index (κ1) is 16.3. The highest BCUT2D eigenvalue weighted by molar-refractivity contribution is 7.84. The molecule has 1 aliphatic heterocycles. The van der Waals surface area contributed by atoms with E-state index in [1.165, 1.54) is 4.90 Å². The van der Waals surface area contributed by atoms with Gasteiger partial charge >= 0.3 is 12.0 Å². The highest BCUT2D eigenvalue weighted by Gasteiger charge is 2.47. The number of carbonyl (C=O) groups excluding carboxylic acids is 1. The number of carboxylic acids is 1. The molecule has 2 rings (SSSR count). The van der Waals surface area contributed by atoms with E-state index in [0.717, 1.165) is 25.7 Å². The zero-order chi connectivity index (χ0) is 15.6. The van der Waals surface area contributed by atoms with E-state index in [2.05, 4.69) is 5.32 Å². The summed E-state index contributed by atoms with van der Waals surface area (Å²) >= 11 is 0. The van der Waals surface area contributed by atoms with Crippen LogP contribution in [-0.2, 0) is 15.6 Å². The molecule has 6 nitrogen and oxygen atoms in total. The molecule has 0 aromatic carbocycles. The second-order valence-corrected chi connectivity index (χ2v) is 7.91. The lowest BCUT2D eigenvalue weighted by Crippen LogP contribution is -2.51. The van der Waals surface area contributed by atoms with Crippen molar-refractivity contribution in [3.8, 4) is 0 Å². The topological polar surface area (TPSA) is 86.7 Å². The van der Waals surface area contributed by atoms with Gasteiger partial charge in [-0.15, -0.1) is 0 Å². The maximum atomic E-state index is 12.4. The molecule has 2 amide bonds. The second kappa shape index (κ2) is 6.77. The van der Waals surface area contributed by atoms with Gasteiger partial charge < -0.3 is 15.3 Å². The van der Waals surface area contributed by atoms with Gasteiger partial charge in [-0.1, -0.05) is 12.8 Å². The predicted molar refractivity (Wildman–Crippen MR) is 80.6 cm³/mol. The molecule has 7 heteroatoms. The summed E-state index contributed by atoms with van der Waals surface area (Å²) in [6.07, 6.45) is 6.22. The molecule has 1 saturated carbocycles. The molecule has 2 aliphatic rings. The number of nitrogens with zero attached hydrogens (tertiary/aromatic N) is 1. The zero-order valence-corrected chi connectivity index (χ0v) is 13.4. The summed E-state index contributed by atoms with van der Waals surface area (Å²) in [5.74, 6) is -0.616. The SMILES string of the molecule is CC(CNC(=O)N1C(C(=O)O)CC2CCCCC21)S(C)=O. The van der Waals surface area contributed by atoms with Gasteiger partial charge in [-0.3, -0.25) is 4.21 Å². The van der Waals surface area contributed by atoms with E-state index in [1.54, 1.807) is 13.2 Å². The Kier molecular flexibility index (Phi) is 5.24. The summed E-state index contributed by atoms with van der Waals surface area (Å²) in [6.45, 7) is 2.11. The fraction of sp³-hybridized carbons (Fsp3) is 0.857. The summed E-state index contributed by atoms with van der Waals surface area (Å²) in [4.78, 5) is 25.4. The van der Waals surface area contributed by atoms with Gasteiger partial charge in [0.2, 0.25) is 0 Å². The minimum atomic E-state index is -1.00. The number of likely N-dealkylation sites (tertiary alicyclic amines) is 1. The maximum absolute atomic E-state index is 12.4. The first-order chi connectivity index (χ1) is 9.91. The number of carboxylic acid groups (broad SMARTS) is 1. The highest BCUT2D eigenvalue weighted by atomic mass is 32.2. The number of hydrogen-bond donors (Lipinski definition) is 2. The van der Waals surface area contributed by atoms with Crippen LogP contribution in [0.15, 0.2) is 0 Å². The summed E-state index contributed by atoms with van der Waals surface area (Å²) in [5.41, 5.74) is 0. The summed E-state index contributed by atoms with van der Waals surface area (Å²) < 4.78 is 11.3. The molecular weight excluding hydrogens is 292 g/mol. The molecule has 1 aliphatic carbocycles. The Labute approximate surface area is 127 Å². The number of aliphatic carboxylic acids is 1. The molecule has 2 fully saturated rings. The Balaban J connectivity index is 2.04. The van der Waals surface area contributed by atoms with Crippen LogP contribution in [-0.4, -0.2) is 56.3 Å². The third kappa shape index (κ3) is 3.56. The molecule has 0 radical (unpaired) electrons. The van der Waals surface area contributed by atoms with Crippen LogP contribution in [0, 0.1) is 5.92 Å². The molecule has 21 heavy (non-hydrogen) atoms. The minimum Gasteiger partial charge on any atom is -0.480 e. The van der Waals surface area contributed by atoms with Crippen LogP contribution in [0.1, 0.15) is 39.0 Å². The van der Waals surface area contributed by atoms with E-state index in [0.29, 0.717) is 18.9 Å². The lowest BCUT2D eigenvalue weighted by molar-refractivity contribution is -0.141. The van der Waals surface area contributed by atoms with E-state index in [1.807, 2.05) is 0 Å². The third-order valence-electron chi connectivity index (χ3n) is 4.71. The van der Waals surface area contributed by atoms with Crippen LogP contribution in [0.3, 0.4) is 0 Å². The Morgan fingerprint density at radius 3 is 2.67 bits per heavy atom. The molecule has 5 atom stereocenters. The number of rotatable bonds is 4. The quantitative estimate of drug-likeness (QED) is 0.815. The normalized spacial score (nSPS) is 31.3. The van der Waals surface area contributed by atoms with E-state index in [9.17, 15) is 18.9 Å². The summed E-state index contributed by atoms with van der Waals surface area (Å²) in [7, 11) is -1.00. The van der Waals surface area contributed by atoms with Crippen molar-refractivity contribution >= 4 is 22.8 Å². The average Bonchev–Trinajstić information content (AvgIpc) is 2.83. The Morgan fingerprint density at radius 1 is 1.38 bits per heavy atom. The molecule has 0 aromatic rings. The molecular formula is C14H24N2O4S. The van der Waals surface area contributed by atoms with Gasteiger partial charge in [-0.2, -0.15) is 0 Å². The van der Waals surface area contributed by atoms with Gasteiger partial charge in [-0.25, -0.2) is 9.59 Å². The zero-order valence-electron chi connectivity index (χ0n) is 12.6. The number of amides is 2. The average molecular weight is 316 g/mol. The van der Waals surface area contributed by atoms with Gasteiger partial charge in [0.05, 0.1) is 0 Å².